The second-order valence-electron chi connectivity index (χ2n) is 2.62. The summed E-state index contributed by atoms with van der Waals surface area (Å²) in [4.78, 5) is 11.8. The summed E-state index contributed by atoms with van der Waals surface area (Å²) in [6, 6.07) is 0.468. The molecule has 1 rings (SSSR count). The Balaban J connectivity index is 2.49. The van der Waals surface area contributed by atoms with Gasteiger partial charge in [0.1, 0.15) is 0 Å². The van der Waals surface area contributed by atoms with E-state index < -0.39 is 6.09 Å². The van der Waals surface area contributed by atoms with Gasteiger partial charge in [0, 0.05) is 12.1 Å². The van der Waals surface area contributed by atoms with Gasteiger partial charge in [0.15, 0.2) is 0 Å². The molecule has 1 amide bonds. The lowest BCUT2D eigenvalue weighted by Crippen LogP contribution is -2.55. The summed E-state index contributed by atoms with van der Waals surface area (Å²) in [5, 5.41) is 8.50. The molecular weight excluding hydrogens is 118 g/mol. The van der Waals surface area contributed by atoms with Gasteiger partial charge in [-0.2, -0.15) is 0 Å². The molecule has 1 N–H and O–H groups in total. The van der Waals surface area contributed by atoms with Crippen molar-refractivity contribution in [1.82, 2.24) is 4.90 Å². The van der Waals surface area contributed by atoms with E-state index in [0.717, 1.165) is 6.42 Å². The fourth-order valence-corrected chi connectivity index (χ4v) is 1.39. The second kappa shape index (κ2) is 1.90. The molecule has 52 valence electrons. The van der Waals surface area contributed by atoms with Crippen molar-refractivity contribution < 1.29 is 9.90 Å². The van der Waals surface area contributed by atoms with Crippen LogP contribution in [0.5, 0.6) is 0 Å². The number of rotatable bonds is 0. The lowest BCUT2D eigenvalue weighted by molar-refractivity contribution is 0.0413. The van der Waals surface area contributed by atoms with E-state index in [-0.39, 0.29) is 12.1 Å². The Morgan fingerprint density at radius 2 is 2.00 bits per heavy atom. The van der Waals surface area contributed by atoms with Crippen LogP contribution in [0.15, 0.2) is 0 Å². The molecule has 0 spiro atoms. The number of nitrogens with zero attached hydrogens (tertiary/aromatic N) is 1. The maximum absolute atomic E-state index is 10.3. The Hall–Kier alpha value is -0.730. The molecule has 1 aliphatic rings. The van der Waals surface area contributed by atoms with Crippen LogP contribution in [0.3, 0.4) is 0 Å². The van der Waals surface area contributed by atoms with Crippen molar-refractivity contribution in [3.63, 3.8) is 0 Å². The summed E-state index contributed by atoms with van der Waals surface area (Å²) in [5.41, 5.74) is 0. The van der Waals surface area contributed by atoms with E-state index in [4.69, 9.17) is 5.11 Å². The number of hydrogen-bond acceptors (Lipinski definition) is 1. The zero-order chi connectivity index (χ0) is 7.02. The molecule has 1 fully saturated rings. The first-order chi connectivity index (χ1) is 4.13. The van der Waals surface area contributed by atoms with Crippen molar-refractivity contribution in [2.45, 2.75) is 32.4 Å². The predicted octanol–water partition coefficient (Wildman–Crippen LogP) is 1.15. The molecule has 0 unspecified atom stereocenters. The molecule has 0 bridgehead atoms. The molecule has 0 aromatic heterocycles. The van der Waals surface area contributed by atoms with Gasteiger partial charge < -0.3 is 10.0 Å². The maximum Gasteiger partial charge on any atom is 0.407 e. The first-order valence-corrected chi connectivity index (χ1v) is 3.14. The highest BCUT2D eigenvalue weighted by molar-refractivity contribution is 5.67. The highest BCUT2D eigenvalue weighted by atomic mass is 16.4. The van der Waals surface area contributed by atoms with E-state index in [1.807, 2.05) is 13.8 Å². The minimum atomic E-state index is -0.791. The highest BCUT2D eigenvalue weighted by Gasteiger charge is 2.35. The van der Waals surface area contributed by atoms with Gasteiger partial charge in [-0.25, -0.2) is 4.79 Å². The summed E-state index contributed by atoms with van der Waals surface area (Å²) in [6.45, 7) is 3.85. The topological polar surface area (TPSA) is 40.5 Å². The van der Waals surface area contributed by atoms with Gasteiger partial charge in [-0.1, -0.05) is 0 Å². The SMILES string of the molecule is C[C@H]1C[C@H](C)N1C(=O)O. The molecule has 1 heterocycles. The molecular formula is C6H11NO2. The number of carboxylic acid groups (broad SMARTS) is 1. The van der Waals surface area contributed by atoms with Gasteiger partial charge in [0.25, 0.3) is 0 Å². The van der Waals surface area contributed by atoms with Gasteiger partial charge in [-0.3, -0.25) is 0 Å². The van der Waals surface area contributed by atoms with Crippen molar-refractivity contribution in [1.29, 1.82) is 0 Å². The maximum atomic E-state index is 10.3. The molecule has 3 heteroatoms. The predicted molar refractivity (Wildman–Crippen MR) is 33.4 cm³/mol. The molecule has 0 aliphatic carbocycles. The fraction of sp³-hybridized carbons (Fsp3) is 0.833. The van der Waals surface area contributed by atoms with Crippen LogP contribution >= 0.6 is 0 Å². The summed E-state index contributed by atoms with van der Waals surface area (Å²) in [7, 11) is 0. The highest BCUT2D eigenvalue weighted by Crippen LogP contribution is 2.24. The average Bonchev–Trinajstić information content (AvgIpc) is 1.62. The van der Waals surface area contributed by atoms with Crippen molar-refractivity contribution in [2.24, 2.45) is 0 Å². The third kappa shape index (κ3) is 0.866. The van der Waals surface area contributed by atoms with Crippen molar-refractivity contribution in [3.05, 3.63) is 0 Å². The van der Waals surface area contributed by atoms with Gasteiger partial charge >= 0.3 is 6.09 Å². The van der Waals surface area contributed by atoms with E-state index in [1.54, 1.807) is 0 Å². The van der Waals surface area contributed by atoms with Crippen molar-refractivity contribution in [3.8, 4) is 0 Å². The van der Waals surface area contributed by atoms with Crippen LogP contribution in [-0.4, -0.2) is 28.2 Å². The molecule has 0 aromatic rings. The van der Waals surface area contributed by atoms with Crippen molar-refractivity contribution >= 4 is 6.09 Å². The zero-order valence-corrected chi connectivity index (χ0v) is 5.66. The third-order valence-corrected chi connectivity index (χ3v) is 1.85. The van der Waals surface area contributed by atoms with Gasteiger partial charge in [0.2, 0.25) is 0 Å². The molecule has 0 aromatic carbocycles. The van der Waals surface area contributed by atoms with Crippen LogP contribution in [0.4, 0.5) is 4.79 Å². The first kappa shape index (κ1) is 6.39. The molecule has 9 heavy (non-hydrogen) atoms. The molecule has 1 aliphatic heterocycles. The summed E-state index contributed by atoms with van der Waals surface area (Å²) in [5.74, 6) is 0. The Morgan fingerprint density at radius 3 is 2.11 bits per heavy atom. The minimum absolute atomic E-state index is 0.234. The van der Waals surface area contributed by atoms with E-state index in [0.29, 0.717) is 0 Å². The number of likely N-dealkylation sites (tertiary alicyclic amines) is 1. The standard InChI is InChI=1S/C6H11NO2/c1-4-3-5(2)7(4)6(8)9/h4-5H,3H2,1-2H3,(H,8,9)/t4-,5-/m0/s1. The number of hydrogen-bond donors (Lipinski definition) is 1. The minimum Gasteiger partial charge on any atom is -0.465 e. The van der Waals surface area contributed by atoms with Crippen molar-refractivity contribution in [2.75, 3.05) is 0 Å². The Labute approximate surface area is 54.3 Å². The lowest BCUT2D eigenvalue weighted by atomic mass is 9.97. The Morgan fingerprint density at radius 1 is 1.56 bits per heavy atom. The Bertz CT molecular complexity index is 127. The van der Waals surface area contributed by atoms with Crippen LogP contribution in [0, 0.1) is 0 Å². The fourth-order valence-electron chi connectivity index (χ4n) is 1.39. The van der Waals surface area contributed by atoms with Gasteiger partial charge in [-0.15, -0.1) is 0 Å². The zero-order valence-electron chi connectivity index (χ0n) is 5.66. The molecule has 1 saturated heterocycles. The van der Waals surface area contributed by atoms with E-state index >= 15 is 0 Å². The first-order valence-electron chi connectivity index (χ1n) is 3.14. The van der Waals surface area contributed by atoms with Crippen LogP contribution in [0.25, 0.3) is 0 Å². The Kier molecular flexibility index (Phi) is 1.35. The molecule has 3 nitrogen and oxygen atoms in total. The largest absolute Gasteiger partial charge is 0.465 e. The van der Waals surface area contributed by atoms with E-state index in [2.05, 4.69) is 0 Å². The summed E-state index contributed by atoms with van der Waals surface area (Å²) < 4.78 is 0. The smallest absolute Gasteiger partial charge is 0.407 e. The lowest BCUT2D eigenvalue weighted by Gasteiger charge is -2.43. The molecule has 2 atom stereocenters. The van der Waals surface area contributed by atoms with Crippen LogP contribution in [-0.2, 0) is 0 Å². The van der Waals surface area contributed by atoms with Gasteiger partial charge in [-0.05, 0) is 20.3 Å². The average molecular weight is 129 g/mol. The number of amides is 1. The summed E-state index contributed by atoms with van der Waals surface area (Å²) >= 11 is 0. The summed E-state index contributed by atoms with van der Waals surface area (Å²) in [6.07, 6.45) is 0.216. The number of carbonyl (C=O) groups is 1. The molecule has 0 saturated carbocycles. The second-order valence-corrected chi connectivity index (χ2v) is 2.62. The van der Waals surface area contributed by atoms with Crippen LogP contribution < -0.4 is 0 Å². The van der Waals surface area contributed by atoms with Crippen LogP contribution in [0.2, 0.25) is 0 Å². The van der Waals surface area contributed by atoms with E-state index in [1.165, 1.54) is 4.90 Å². The normalized spacial score (nSPS) is 33.8. The van der Waals surface area contributed by atoms with Gasteiger partial charge in [0.05, 0.1) is 0 Å². The van der Waals surface area contributed by atoms with Crippen LogP contribution in [0.1, 0.15) is 20.3 Å². The molecule has 0 radical (unpaired) electrons. The quantitative estimate of drug-likeness (QED) is 0.533. The monoisotopic (exact) mass is 129 g/mol. The third-order valence-electron chi connectivity index (χ3n) is 1.85. The van der Waals surface area contributed by atoms with E-state index in [9.17, 15) is 4.79 Å².